The molecule has 0 spiro atoms. The number of aromatic carboxylic acids is 1. The highest BCUT2D eigenvalue weighted by atomic mass is 35.5. The lowest BCUT2D eigenvalue weighted by molar-refractivity contribution is -0.133. The summed E-state index contributed by atoms with van der Waals surface area (Å²) >= 11 is 6.09. The molecule has 2 aromatic carbocycles. The number of imide groups is 1. The fraction of sp³-hybridized carbons (Fsp3) is 0.320. The number of hydrogen-bond donors (Lipinski definition) is 5. The highest BCUT2D eigenvalue weighted by Gasteiger charge is 2.35. The van der Waals surface area contributed by atoms with Gasteiger partial charge in [0.25, 0.3) is 0 Å². The number of phenolic OH excluding ortho intramolecular Hbond substituents is 1. The van der Waals surface area contributed by atoms with Gasteiger partial charge in [-0.3, -0.25) is 19.3 Å². The third-order valence-corrected chi connectivity index (χ3v) is 6.18. The molecule has 2 aromatic rings. The third kappa shape index (κ3) is 6.71. The molecule has 0 saturated carbocycles. The second-order valence-corrected chi connectivity index (χ2v) is 8.96. The predicted octanol–water partition coefficient (Wildman–Crippen LogP) is 2.00. The number of carbonyl (C=O) groups excluding carboxylic acids is 4. The topological polar surface area (TPSA) is 174 Å². The molecule has 13 heteroatoms. The number of urea groups is 1. The van der Waals surface area contributed by atoms with Gasteiger partial charge in [-0.25, -0.2) is 9.59 Å². The van der Waals surface area contributed by atoms with Crippen molar-refractivity contribution in [3.05, 3.63) is 52.5 Å². The molecule has 38 heavy (non-hydrogen) atoms. The number of anilines is 1. The summed E-state index contributed by atoms with van der Waals surface area (Å²) in [6.45, 7) is 1.03. The first kappa shape index (κ1) is 28.3. The second-order valence-electron chi connectivity index (χ2n) is 8.52. The molecule has 12 nitrogen and oxygen atoms in total. The Kier molecular flexibility index (Phi) is 9.13. The highest BCUT2D eigenvalue weighted by Crippen LogP contribution is 2.27. The Morgan fingerprint density at radius 1 is 1.21 bits per heavy atom. The van der Waals surface area contributed by atoms with Gasteiger partial charge in [0, 0.05) is 11.6 Å². The van der Waals surface area contributed by atoms with E-state index in [4.69, 9.17) is 21.4 Å². The maximum atomic E-state index is 13.3. The first-order valence-corrected chi connectivity index (χ1v) is 12.0. The van der Waals surface area contributed by atoms with Crippen molar-refractivity contribution in [3.63, 3.8) is 0 Å². The molecule has 0 bridgehead atoms. The molecule has 1 aliphatic heterocycles. The van der Waals surface area contributed by atoms with Crippen molar-refractivity contribution in [2.75, 3.05) is 25.5 Å². The number of benzene rings is 2. The van der Waals surface area contributed by atoms with Crippen molar-refractivity contribution in [2.45, 2.75) is 25.8 Å². The summed E-state index contributed by atoms with van der Waals surface area (Å²) in [6, 6.07) is 6.14. The summed E-state index contributed by atoms with van der Waals surface area (Å²) in [5.74, 6) is -3.90. The molecule has 0 aliphatic carbocycles. The lowest BCUT2D eigenvalue weighted by atomic mass is 9.97. The molecule has 1 heterocycles. The van der Waals surface area contributed by atoms with E-state index < -0.39 is 48.2 Å². The van der Waals surface area contributed by atoms with Crippen molar-refractivity contribution in [3.8, 4) is 11.5 Å². The fourth-order valence-corrected chi connectivity index (χ4v) is 4.09. The Morgan fingerprint density at radius 3 is 2.61 bits per heavy atom. The number of amides is 5. The summed E-state index contributed by atoms with van der Waals surface area (Å²) in [6.07, 6.45) is 0.220. The average molecular weight is 547 g/mol. The summed E-state index contributed by atoms with van der Waals surface area (Å²) < 4.78 is 5.33. The number of carboxylic acid groups (broad SMARTS) is 1. The number of nitrogens with one attached hydrogen (secondary N) is 3. The lowest BCUT2D eigenvalue weighted by Gasteiger charge is -2.25. The number of carbonyl (C=O) groups is 5. The number of methoxy groups -OCH3 is 1. The summed E-state index contributed by atoms with van der Waals surface area (Å²) in [7, 11) is 1.47. The Balaban J connectivity index is 1.76. The summed E-state index contributed by atoms with van der Waals surface area (Å²) in [4.78, 5) is 63.4. The quantitative estimate of drug-likeness (QED) is 0.312. The maximum Gasteiger partial charge on any atom is 0.335 e. The van der Waals surface area contributed by atoms with Gasteiger partial charge in [0.15, 0.2) is 0 Å². The first-order valence-electron chi connectivity index (χ1n) is 11.6. The van der Waals surface area contributed by atoms with Crippen LogP contribution in [0.1, 0.15) is 29.3 Å². The van der Waals surface area contributed by atoms with Gasteiger partial charge < -0.3 is 30.9 Å². The molecule has 5 amide bonds. The molecule has 3 rings (SSSR count). The number of aromatic hydroxyl groups is 1. The molecular weight excluding hydrogens is 520 g/mol. The van der Waals surface area contributed by atoms with Gasteiger partial charge in [-0.05, 0) is 54.8 Å². The van der Waals surface area contributed by atoms with Gasteiger partial charge >= 0.3 is 12.0 Å². The molecule has 1 fully saturated rings. The van der Waals surface area contributed by atoms with E-state index in [1.807, 2.05) is 0 Å². The maximum absolute atomic E-state index is 13.3. The van der Waals surface area contributed by atoms with E-state index in [1.165, 1.54) is 7.11 Å². The number of ether oxygens (including phenoxy) is 1. The van der Waals surface area contributed by atoms with Gasteiger partial charge in [0.05, 0.1) is 24.3 Å². The second kappa shape index (κ2) is 12.3. The number of hydrogen-bond acceptors (Lipinski definition) is 7. The Bertz CT molecular complexity index is 1270. The molecule has 0 unspecified atom stereocenters. The summed E-state index contributed by atoms with van der Waals surface area (Å²) in [5.41, 5.74) is 0.283. The standard InChI is InChI=1S/C25H27ClN4O8/c1-3-17(22(33)28-18-10-13(24(35)36)4-6-19(18)31)29-25(37)30-12-21(32)27-11-15(23(30)34)8-14-9-16(26)5-7-20(14)38-2/h4-7,9-10,15,17,31H,3,8,11-12H2,1-2H3,(H,27,32)(H,28,33)(H,29,37)(H,35,36)/t15-,17-/m1/s1. The van der Waals surface area contributed by atoms with Gasteiger partial charge in [-0.1, -0.05) is 18.5 Å². The van der Waals surface area contributed by atoms with E-state index in [0.29, 0.717) is 16.3 Å². The molecule has 1 saturated heterocycles. The first-order chi connectivity index (χ1) is 18.0. The van der Waals surface area contributed by atoms with Crippen molar-refractivity contribution < 1.29 is 38.9 Å². The van der Waals surface area contributed by atoms with Crippen molar-refractivity contribution in [2.24, 2.45) is 5.92 Å². The molecule has 0 radical (unpaired) electrons. The zero-order valence-corrected chi connectivity index (χ0v) is 21.4. The minimum absolute atomic E-state index is 0.0198. The van der Waals surface area contributed by atoms with E-state index in [1.54, 1.807) is 25.1 Å². The predicted molar refractivity (Wildman–Crippen MR) is 136 cm³/mol. The van der Waals surface area contributed by atoms with E-state index >= 15 is 0 Å². The average Bonchev–Trinajstić information content (AvgIpc) is 3.02. The monoisotopic (exact) mass is 546 g/mol. The van der Waals surface area contributed by atoms with Crippen LogP contribution in [0.15, 0.2) is 36.4 Å². The van der Waals surface area contributed by atoms with E-state index in [9.17, 15) is 29.1 Å². The van der Waals surface area contributed by atoms with Gasteiger partial charge in [-0.15, -0.1) is 0 Å². The molecule has 202 valence electrons. The molecule has 1 aliphatic rings. The zero-order valence-electron chi connectivity index (χ0n) is 20.6. The Hall–Kier alpha value is -4.32. The Labute approximate surface area is 222 Å². The number of halogens is 1. The number of phenols is 1. The SMILES string of the molecule is CC[C@@H](NC(=O)N1CC(=O)NC[C@@H](Cc2cc(Cl)ccc2OC)C1=O)C(=O)Nc1cc(C(=O)O)ccc1O. The number of carboxylic acids is 1. The fourth-order valence-electron chi connectivity index (χ4n) is 3.89. The van der Waals surface area contributed by atoms with Gasteiger partial charge in [0.1, 0.15) is 24.1 Å². The van der Waals surface area contributed by atoms with Crippen LogP contribution in [-0.4, -0.2) is 71.1 Å². The van der Waals surface area contributed by atoms with E-state index in [2.05, 4.69) is 16.0 Å². The molecule has 5 N–H and O–H groups in total. The molecule has 2 atom stereocenters. The van der Waals surface area contributed by atoms with Crippen LogP contribution >= 0.6 is 11.6 Å². The Morgan fingerprint density at radius 2 is 1.95 bits per heavy atom. The van der Waals surface area contributed by atoms with Crippen LogP contribution in [0.4, 0.5) is 10.5 Å². The molecular formula is C25H27ClN4O8. The van der Waals surface area contributed by atoms with Crippen LogP contribution in [-0.2, 0) is 20.8 Å². The van der Waals surface area contributed by atoms with Crippen LogP contribution < -0.4 is 20.7 Å². The van der Waals surface area contributed by atoms with Crippen LogP contribution in [0.3, 0.4) is 0 Å². The normalized spacial score (nSPS) is 16.2. The number of rotatable bonds is 8. The van der Waals surface area contributed by atoms with Gasteiger partial charge in [0.2, 0.25) is 17.7 Å². The van der Waals surface area contributed by atoms with Crippen molar-refractivity contribution >= 4 is 47.0 Å². The lowest BCUT2D eigenvalue weighted by Crippen LogP contribution is -2.53. The zero-order chi connectivity index (χ0) is 28.0. The summed E-state index contributed by atoms with van der Waals surface area (Å²) in [5, 5.41) is 27.0. The largest absolute Gasteiger partial charge is 0.506 e. The smallest absolute Gasteiger partial charge is 0.335 e. The third-order valence-electron chi connectivity index (χ3n) is 5.94. The van der Waals surface area contributed by atoms with Crippen LogP contribution in [0, 0.1) is 5.92 Å². The highest BCUT2D eigenvalue weighted by molar-refractivity contribution is 6.30. The number of nitrogens with zero attached hydrogens (tertiary/aromatic N) is 1. The van der Waals surface area contributed by atoms with E-state index in [-0.39, 0.29) is 36.4 Å². The minimum Gasteiger partial charge on any atom is -0.506 e. The minimum atomic E-state index is -1.26. The van der Waals surface area contributed by atoms with Crippen LogP contribution in [0.25, 0.3) is 0 Å². The van der Waals surface area contributed by atoms with Crippen LogP contribution in [0.2, 0.25) is 5.02 Å². The van der Waals surface area contributed by atoms with Gasteiger partial charge in [-0.2, -0.15) is 0 Å². The van der Waals surface area contributed by atoms with Crippen molar-refractivity contribution in [1.82, 2.24) is 15.5 Å². The van der Waals surface area contributed by atoms with E-state index in [0.717, 1.165) is 23.1 Å². The van der Waals surface area contributed by atoms with Crippen molar-refractivity contribution in [1.29, 1.82) is 0 Å². The van der Waals surface area contributed by atoms with Crippen LogP contribution in [0.5, 0.6) is 11.5 Å². The molecule has 0 aromatic heterocycles.